The first kappa shape index (κ1) is 30.1. The van der Waals surface area contributed by atoms with E-state index in [0.717, 1.165) is 38.8 Å². The molecule has 0 aliphatic carbocycles. The number of aliphatic carboxylic acids is 1. The van der Waals surface area contributed by atoms with Crippen molar-refractivity contribution in [2.75, 3.05) is 33.9 Å². The number of methoxy groups -OCH3 is 1. The molecular formula is C21H33F3N4O7. The van der Waals surface area contributed by atoms with Crippen LogP contribution in [0.2, 0.25) is 0 Å². The van der Waals surface area contributed by atoms with Crippen LogP contribution in [0.3, 0.4) is 0 Å². The monoisotopic (exact) mass is 510 g/mol. The Morgan fingerprint density at radius 1 is 1.11 bits per heavy atom. The number of carbonyl (C=O) groups excluding carboxylic acids is 4. The zero-order valence-corrected chi connectivity index (χ0v) is 20.4. The highest BCUT2D eigenvalue weighted by atomic mass is 19.4. The van der Waals surface area contributed by atoms with E-state index >= 15 is 0 Å². The Balaban J connectivity index is 3.18. The molecule has 0 bridgehead atoms. The summed E-state index contributed by atoms with van der Waals surface area (Å²) >= 11 is 0. The molecule has 200 valence electrons. The number of carboxylic acid groups (broad SMARTS) is 1. The third kappa shape index (κ3) is 8.08. The quantitative estimate of drug-likeness (QED) is 0.358. The molecule has 1 rings (SSSR count). The van der Waals surface area contributed by atoms with Crippen molar-refractivity contribution >= 4 is 29.6 Å². The van der Waals surface area contributed by atoms with Gasteiger partial charge >= 0.3 is 18.1 Å². The Hall–Kier alpha value is -2.90. The van der Waals surface area contributed by atoms with Crippen LogP contribution in [0.4, 0.5) is 13.2 Å². The number of carboxylic acids is 1. The van der Waals surface area contributed by atoms with Crippen molar-refractivity contribution < 1.29 is 47.0 Å². The molecule has 3 N–H and O–H groups in total. The molecule has 4 amide bonds. The molecule has 1 aliphatic heterocycles. The molecule has 0 aromatic rings. The highest BCUT2D eigenvalue weighted by Crippen LogP contribution is 2.21. The van der Waals surface area contributed by atoms with Crippen LogP contribution in [0.25, 0.3) is 0 Å². The van der Waals surface area contributed by atoms with Crippen LogP contribution in [0, 0.1) is 5.92 Å². The number of likely N-dealkylation sites (tertiary alicyclic amines) is 1. The van der Waals surface area contributed by atoms with Crippen molar-refractivity contribution in [1.29, 1.82) is 0 Å². The van der Waals surface area contributed by atoms with E-state index in [1.54, 1.807) is 19.2 Å². The Kier molecular flexibility index (Phi) is 10.5. The fraction of sp³-hybridized carbons (Fsp3) is 0.762. The first-order chi connectivity index (χ1) is 16.0. The van der Waals surface area contributed by atoms with Crippen molar-refractivity contribution in [2.24, 2.45) is 5.92 Å². The molecule has 0 radical (unpaired) electrons. The summed E-state index contributed by atoms with van der Waals surface area (Å²) in [5, 5.41) is 13.2. The molecule has 3 atom stereocenters. The molecule has 0 unspecified atom stereocenters. The summed E-state index contributed by atoms with van der Waals surface area (Å²) in [4.78, 5) is 64.2. The lowest BCUT2D eigenvalue weighted by Gasteiger charge is -2.38. The highest BCUT2D eigenvalue weighted by molar-refractivity contribution is 5.97. The predicted molar refractivity (Wildman–Crippen MR) is 116 cm³/mol. The lowest BCUT2D eigenvalue weighted by Crippen LogP contribution is -2.65. The van der Waals surface area contributed by atoms with Gasteiger partial charge in [0.1, 0.15) is 17.6 Å². The van der Waals surface area contributed by atoms with Gasteiger partial charge in [0.25, 0.3) is 5.91 Å². The fourth-order valence-electron chi connectivity index (χ4n) is 3.99. The third-order valence-electron chi connectivity index (χ3n) is 5.60. The molecule has 11 nitrogen and oxygen atoms in total. The average molecular weight is 511 g/mol. The summed E-state index contributed by atoms with van der Waals surface area (Å²) in [5.74, 6) is -6.76. The molecular weight excluding hydrogens is 477 g/mol. The lowest BCUT2D eigenvalue weighted by molar-refractivity contribution is -0.177. The van der Waals surface area contributed by atoms with Gasteiger partial charge in [-0.15, -0.1) is 0 Å². The van der Waals surface area contributed by atoms with Gasteiger partial charge < -0.3 is 30.3 Å². The second-order valence-corrected chi connectivity index (χ2v) is 9.01. The number of likely N-dealkylation sites (N-methyl/N-ethyl adjacent to an activating group) is 1. The van der Waals surface area contributed by atoms with Crippen LogP contribution >= 0.6 is 0 Å². The smallest absolute Gasteiger partial charge is 0.471 e. The number of amides is 4. The molecule has 0 saturated carbocycles. The van der Waals surface area contributed by atoms with E-state index in [1.165, 1.54) is 4.90 Å². The van der Waals surface area contributed by atoms with Gasteiger partial charge in [0.2, 0.25) is 11.8 Å². The minimum atomic E-state index is -5.26. The molecule has 1 aliphatic rings. The predicted octanol–water partition coefficient (Wildman–Crippen LogP) is 0.135. The Labute approximate surface area is 201 Å². The normalized spacial score (nSPS) is 17.3. The number of ether oxygens (including phenoxy) is 1. The number of hydrogen-bond acceptors (Lipinski definition) is 6. The van der Waals surface area contributed by atoms with Gasteiger partial charge in [-0.1, -0.05) is 13.8 Å². The number of carbonyl (C=O) groups is 5. The van der Waals surface area contributed by atoms with E-state index in [0.29, 0.717) is 13.1 Å². The lowest BCUT2D eigenvalue weighted by atomic mass is 9.96. The number of rotatable bonds is 11. The maximum atomic E-state index is 13.2. The topological polar surface area (TPSA) is 145 Å². The van der Waals surface area contributed by atoms with Crippen LogP contribution in [-0.4, -0.2) is 102 Å². The largest absolute Gasteiger partial charge is 0.481 e. The van der Waals surface area contributed by atoms with Gasteiger partial charge in [0, 0.05) is 27.2 Å². The van der Waals surface area contributed by atoms with Gasteiger partial charge in [0.05, 0.1) is 13.0 Å². The van der Waals surface area contributed by atoms with Gasteiger partial charge in [0.15, 0.2) is 0 Å². The molecule has 14 heteroatoms. The number of nitrogens with one attached hydrogen (secondary N) is 2. The average Bonchev–Trinajstić information content (AvgIpc) is 3.25. The van der Waals surface area contributed by atoms with E-state index in [4.69, 9.17) is 4.74 Å². The van der Waals surface area contributed by atoms with Crippen molar-refractivity contribution in [1.82, 2.24) is 20.4 Å². The van der Waals surface area contributed by atoms with Crippen molar-refractivity contribution in [3.63, 3.8) is 0 Å². The molecule has 35 heavy (non-hydrogen) atoms. The maximum absolute atomic E-state index is 13.2. The van der Waals surface area contributed by atoms with E-state index in [9.17, 15) is 42.3 Å². The van der Waals surface area contributed by atoms with Crippen molar-refractivity contribution in [2.45, 2.75) is 63.8 Å². The van der Waals surface area contributed by atoms with E-state index < -0.39 is 72.3 Å². The van der Waals surface area contributed by atoms with Gasteiger partial charge in [-0.3, -0.25) is 24.0 Å². The first-order valence-electron chi connectivity index (χ1n) is 11.0. The first-order valence-corrected chi connectivity index (χ1v) is 11.0. The van der Waals surface area contributed by atoms with Crippen molar-refractivity contribution in [3.8, 4) is 0 Å². The zero-order valence-electron chi connectivity index (χ0n) is 20.4. The summed E-state index contributed by atoms with van der Waals surface area (Å²) in [6, 6.07) is -2.69. The second kappa shape index (κ2) is 12.2. The maximum Gasteiger partial charge on any atom is 0.471 e. The van der Waals surface area contributed by atoms with Gasteiger partial charge in [-0.25, -0.2) is 0 Å². The van der Waals surface area contributed by atoms with E-state index in [-0.39, 0.29) is 0 Å². The van der Waals surface area contributed by atoms with E-state index in [2.05, 4.69) is 5.32 Å². The molecule has 1 fully saturated rings. The zero-order chi connectivity index (χ0) is 27.1. The van der Waals surface area contributed by atoms with Crippen LogP contribution in [0.15, 0.2) is 0 Å². The highest BCUT2D eigenvalue weighted by Gasteiger charge is 2.48. The third-order valence-corrected chi connectivity index (χ3v) is 5.60. The Morgan fingerprint density at radius 2 is 1.66 bits per heavy atom. The molecule has 0 spiro atoms. The number of halogens is 3. The number of nitrogens with zero attached hydrogens (tertiary/aromatic N) is 2. The van der Waals surface area contributed by atoms with E-state index in [1.807, 2.05) is 0 Å². The minimum Gasteiger partial charge on any atom is -0.481 e. The van der Waals surface area contributed by atoms with Crippen LogP contribution < -0.4 is 10.6 Å². The Morgan fingerprint density at radius 3 is 2.09 bits per heavy atom. The summed E-state index contributed by atoms with van der Waals surface area (Å²) in [6.07, 6.45) is -4.46. The van der Waals surface area contributed by atoms with Gasteiger partial charge in [-0.2, -0.15) is 13.2 Å². The summed E-state index contributed by atoms with van der Waals surface area (Å²) < 4.78 is 43.3. The van der Waals surface area contributed by atoms with Crippen molar-refractivity contribution in [3.05, 3.63) is 0 Å². The molecule has 1 saturated heterocycles. The Bertz CT molecular complexity index is 815. The van der Waals surface area contributed by atoms with Crippen LogP contribution in [0.1, 0.15) is 40.0 Å². The summed E-state index contributed by atoms with van der Waals surface area (Å²) in [5.41, 5.74) is -2.17. The number of hydrogen-bond donors (Lipinski definition) is 3. The minimum absolute atomic E-state index is 0.422. The molecule has 0 aromatic carbocycles. The molecule has 0 aromatic heterocycles. The second-order valence-electron chi connectivity index (χ2n) is 9.01. The van der Waals surface area contributed by atoms with Crippen LogP contribution in [-0.2, 0) is 28.7 Å². The summed E-state index contributed by atoms with van der Waals surface area (Å²) in [7, 11) is 2.28. The standard InChI is InChI=1S/C21H33F3N4O7/c1-12(2)15(16(31)25-13(10-14(29)30)17(32)28-8-6-7-9-28)27(4)19(34)20(3,11-35-5)26-18(33)21(22,23)24/h12-13,15H,6-11H2,1-5H3,(H,25,31)(H,26,33)(H,29,30)/t13-,15-,20-/m0/s1. The van der Waals surface area contributed by atoms with Crippen LogP contribution in [0.5, 0.6) is 0 Å². The summed E-state index contributed by atoms with van der Waals surface area (Å²) in [6.45, 7) is 4.36. The SMILES string of the molecule is COC[C@](C)(NC(=O)C(F)(F)F)C(=O)N(C)[C@H](C(=O)N[C@@H](CC(=O)O)C(=O)N1CCCC1)C(C)C. The number of alkyl halides is 3. The van der Waals surface area contributed by atoms with Gasteiger partial charge in [-0.05, 0) is 25.7 Å². The molecule has 1 heterocycles. The fourth-order valence-corrected chi connectivity index (χ4v) is 3.99.